The molecule has 0 atom stereocenters. The third kappa shape index (κ3) is 6.01. The number of rotatable bonds is 7. The lowest BCUT2D eigenvalue weighted by Gasteiger charge is -2.37. The Morgan fingerprint density at radius 3 is 2.50 bits per heavy atom. The van der Waals surface area contributed by atoms with Crippen molar-refractivity contribution in [2.24, 2.45) is 5.92 Å². The number of nitrogens with zero attached hydrogens (tertiary/aromatic N) is 2. The average Bonchev–Trinajstić information content (AvgIpc) is 2.70. The molecule has 3 rings (SSSR count). The van der Waals surface area contributed by atoms with Gasteiger partial charge in [0.05, 0.1) is 15.7 Å². The summed E-state index contributed by atoms with van der Waals surface area (Å²) < 4.78 is 0. The van der Waals surface area contributed by atoms with Crippen molar-refractivity contribution in [1.29, 1.82) is 0 Å². The standard InChI is InChI=1S/C22H33Cl2N3O/c1-2-4-21(28)25-18-9-7-17(8-10-18)11-12-26-13-15-27(16-14-26)20-6-3-5-19(23)22(20)24/h3,5-6,17-18H,2,4,7-16H2,1H3,(H,25,28). The van der Waals surface area contributed by atoms with E-state index in [4.69, 9.17) is 23.2 Å². The molecule has 156 valence electrons. The number of halogens is 2. The molecular formula is C22H33Cl2N3O. The fourth-order valence-electron chi connectivity index (χ4n) is 4.44. The predicted molar refractivity (Wildman–Crippen MR) is 119 cm³/mol. The maximum atomic E-state index is 11.8. The maximum absolute atomic E-state index is 11.8. The van der Waals surface area contributed by atoms with Gasteiger partial charge < -0.3 is 10.2 Å². The molecule has 0 bridgehead atoms. The highest BCUT2D eigenvalue weighted by Gasteiger charge is 2.24. The summed E-state index contributed by atoms with van der Waals surface area (Å²) in [5.41, 5.74) is 1.05. The van der Waals surface area contributed by atoms with Crippen LogP contribution in [-0.4, -0.2) is 49.6 Å². The number of piperazine rings is 1. The Hall–Kier alpha value is -0.970. The number of carbonyl (C=O) groups is 1. The third-order valence-corrected chi connectivity index (χ3v) is 7.00. The second kappa shape index (κ2) is 10.7. The number of benzene rings is 1. The van der Waals surface area contributed by atoms with E-state index < -0.39 is 0 Å². The van der Waals surface area contributed by atoms with Gasteiger partial charge in [0, 0.05) is 38.6 Å². The predicted octanol–water partition coefficient (Wildman–Crippen LogP) is 4.98. The zero-order valence-corrected chi connectivity index (χ0v) is 18.4. The van der Waals surface area contributed by atoms with E-state index in [1.807, 2.05) is 12.1 Å². The summed E-state index contributed by atoms with van der Waals surface area (Å²) in [5, 5.41) is 4.49. The van der Waals surface area contributed by atoms with E-state index >= 15 is 0 Å². The highest BCUT2D eigenvalue weighted by Crippen LogP contribution is 2.33. The summed E-state index contributed by atoms with van der Waals surface area (Å²) in [6.07, 6.45) is 7.63. The minimum Gasteiger partial charge on any atom is -0.368 e. The molecule has 28 heavy (non-hydrogen) atoms. The fraction of sp³-hybridized carbons (Fsp3) is 0.682. The topological polar surface area (TPSA) is 35.6 Å². The molecule has 0 spiro atoms. The molecule has 1 aliphatic heterocycles. The van der Waals surface area contributed by atoms with Crippen LogP contribution in [0.3, 0.4) is 0 Å². The third-order valence-electron chi connectivity index (χ3n) is 6.19. The Kier molecular flexibility index (Phi) is 8.31. The van der Waals surface area contributed by atoms with Crippen molar-refractivity contribution >= 4 is 34.8 Å². The molecule has 0 unspecified atom stereocenters. The van der Waals surface area contributed by atoms with Crippen LogP contribution in [0, 0.1) is 5.92 Å². The summed E-state index contributed by atoms with van der Waals surface area (Å²) in [7, 11) is 0. The number of nitrogens with one attached hydrogen (secondary N) is 1. The smallest absolute Gasteiger partial charge is 0.220 e. The molecule has 1 saturated heterocycles. The molecule has 0 aromatic heterocycles. The van der Waals surface area contributed by atoms with Crippen molar-refractivity contribution in [2.75, 3.05) is 37.6 Å². The summed E-state index contributed by atoms with van der Waals surface area (Å²) in [6.45, 7) is 7.37. The Morgan fingerprint density at radius 2 is 1.82 bits per heavy atom. The molecule has 1 aromatic carbocycles. The van der Waals surface area contributed by atoms with Gasteiger partial charge in [-0.15, -0.1) is 0 Å². The molecule has 1 aromatic rings. The van der Waals surface area contributed by atoms with Gasteiger partial charge in [-0.1, -0.05) is 36.2 Å². The number of carbonyl (C=O) groups excluding carboxylic acids is 1. The van der Waals surface area contributed by atoms with E-state index in [-0.39, 0.29) is 5.91 Å². The second-order valence-electron chi connectivity index (χ2n) is 8.23. The molecule has 1 N–H and O–H groups in total. The quantitative estimate of drug-likeness (QED) is 0.668. The van der Waals surface area contributed by atoms with Crippen molar-refractivity contribution < 1.29 is 4.79 Å². The molecule has 6 heteroatoms. The van der Waals surface area contributed by atoms with E-state index in [9.17, 15) is 4.79 Å². The maximum Gasteiger partial charge on any atom is 0.220 e. The lowest BCUT2D eigenvalue weighted by atomic mass is 9.84. The zero-order valence-electron chi connectivity index (χ0n) is 16.9. The molecule has 1 saturated carbocycles. The number of anilines is 1. The van der Waals surface area contributed by atoms with Gasteiger partial charge in [0.15, 0.2) is 0 Å². The van der Waals surface area contributed by atoms with Crippen molar-refractivity contribution in [3.63, 3.8) is 0 Å². The Labute approximate surface area is 179 Å². The second-order valence-corrected chi connectivity index (χ2v) is 9.01. The van der Waals surface area contributed by atoms with Gasteiger partial charge in [0.2, 0.25) is 5.91 Å². The van der Waals surface area contributed by atoms with Gasteiger partial charge in [0.1, 0.15) is 0 Å². The zero-order chi connectivity index (χ0) is 19.9. The van der Waals surface area contributed by atoms with Gasteiger partial charge >= 0.3 is 0 Å². The number of amides is 1. The summed E-state index contributed by atoms with van der Waals surface area (Å²) in [5.74, 6) is 1.03. The lowest BCUT2D eigenvalue weighted by molar-refractivity contribution is -0.122. The SMILES string of the molecule is CCCC(=O)NC1CCC(CCN2CCN(c3cccc(Cl)c3Cl)CC2)CC1. The lowest BCUT2D eigenvalue weighted by Crippen LogP contribution is -2.47. The molecule has 1 amide bonds. The van der Waals surface area contributed by atoms with Crippen LogP contribution in [0.25, 0.3) is 0 Å². The number of hydrogen-bond donors (Lipinski definition) is 1. The van der Waals surface area contributed by atoms with Crippen LogP contribution in [0.15, 0.2) is 18.2 Å². The summed E-state index contributed by atoms with van der Waals surface area (Å²) >= 11 is 12.5. The summed E-state index contributed by atoms with van der Waals surface area (Å²) in [6, 6.07) is 6.27. The first kappa shape index (κ1) is 21.7. The van der Waals surface area contributed by atoms with Crippen molar-refractivity contribution in [3.05, 3.63) is 28.2 Å². The first-order chi connectivity index (χ1) is 13.6. The minimum absolute atomic E-state index is 0.226. The highest BCUT2D eigenvalue weighted by molar-refractivity contribution is 6.43. The van der Waals surface area contributed by atoms with Crippen LogP contribution in [0.4, 0.5) is 5.69 Å². The average molecular weight is 426 g/mol. The first-order valence-electron chi connectivity index (χ1n) is 10.8. The van der Waals surface area contributed by atoms with Crippen molar-refractivity contribution in [2.45, 2.75) is 57.9 Å². The Morgan fingerprint density at radius 1 is 1.11 bits per heavy atom. The van der Waals surface area contributed by atoms with Crippen molar-refractivity contribution in [1.82, 2.24) is 10.2 Å². The van der Waals surface area contributed by atoms with Crippen LogP contribution >= 0.6 is 23.2 Å². The molecule has 0 radical (unpaired) electrons. The summed E-state index contributed by atoms with van der Waals surface area (Å²) in [4.78, 5) is 16.7. The molecule has 2 fully saturated rings. The van der Waals surface area contributed by atoms with Crippen LogP contribution in [0.1, 0.15) is 51.9 Å². The molecular weight excluding hydrogens is 393 g/mol. The van der Waals surface area contributed by atoms with E-state index in [2.05, 4.69) is 28.1 Å². The Balaban J connectivity index is 1.35. The fourth-order valence-corrected chi connectivity index (χ4v) is 4.85. The largest absolute Gasteiger partial charge is 0.368 e. The molecule has 1 aliphatic carbocycles. The van der Waals surface area contributed by atoms with Crippen LogP contribution < -0.4 is 10.2 Å². The van der Waals surface area contributed by atoms with Crippen LogP contribution in [0.5, 0.6) is 0 Å². The van der Waals surface area contributed by atoms with Gasteiger partial charge in [-0.2, -0.15) is 0 Å². The van der Waals surface area contributed by atoms with Gasteiger partial charge in [-0.25, -0.2) is 0 Å². The minimum atomic E-state index is 0.226. The monoisotopic (exact) mass is 425 g/mol. The van der Waals surface area contributed by atoms with Crippen LogP contribution in [0.2, 0.25) is 10.0 Å². The first-order valence-corrected chi connectivity index (χ1v) is 11.5. The molecule has 4 nitrogen and oxygen atoms in total. The van der Waals surface area contributed by atoms with E-state index in [1.54, 1.807) is 0 Å². The molecule has 2 aliphatic rings. The van der Waals surface area contributed by atoms with E-state index in [1.165, 1.54) is 25.8 Å². The van der Waals surface area contributed by atoms with Gasteiger partial charge in [-0.05, 0) is 63.1 Å². The highest BCUT2D eigenvalue weighted by atomic mass is 35.5. The van der Waals surface area contributed by atoms with Crippen LogP contribution in [-0.2, 0) is 4.79 Å². The Bertz CT molecular complexity index is 639. The van der Waals surface area contributed by atoms with E-state index in [0.717, 1.165) is 57.0 Å². The van der Waals surface area contributed by atoms with E-state index in [0.29, 0.717) is 22.5 Å². The normalized spacial score (nSPS) is 23.6. The van der Waals surface area contributed by atoms with Gasteiger partial charge in [-0.3, -0.25) is 9.69 Å². The molecule has 1 heterocycles. The van der Waals surface area contributed by atoms with Gasteiger partial charge in [0.25, 0.3) is 0 Å². The van der Waals surface area contributed by atoms with Crippen molar-refractivity contribution in [3.8, 4) is 0 Å². The number of hydrogen-bond acceptors (Lipinski definition) is 3.